The van der Waals surface area contributed by atoms with Crippen LogP contribution < -0.4 is 4.31 Å². The van der Waals surface area contributed by atoms with Crippen molar-refractivity contribution in [3.05, 3.63) is 53.9 Å². The Labute approximate surface area is 118 Å². The second kappa shape index (κ2) is 5.31. The molecule has 0 saturated carbocycles. The van der Waals surface area contributed by atoms with Crippen LogP contribution in [0.2, 0.25) is 0 Å². The van der Waals surface area contributed by atoms with Crippen molar-refractivity contribution in [2.45, 2.75) is 11.8 Å². The van der Waals surface area contributed by atoms with E-state index in [0.717, 1.165) is 5.56 Å². The van der Waals surface area contributed by atoms with Gasteiger partial charge in [0.15, 0.2) is 0 Å². The summed E-state index contributed by atoms with van der Waals surface area (Å²) in [6, 6.07) is 11.8. The first kappa shape index (κ1) is 14.0. The van der Waals surface area contributed by atoms with Crippen LogP contribution in [-0.2, 0) is 10.0 Å². The SMILES string of the molecule is Cc1cccc(N(C)S(=O)(=O)c2ccc(C#N)nc2)c1. The van der Waals surface area contributed by atoms with Gasteiger partial charge in [0, 0.05) is 13.2 Å². The number of aromatic nitrogens is 1. The summed E-state index contributed by atoms with van der Waals surface area (Å²) in [6.45, 7) is 1.90. The first-order chi connectivity index (χ1) is 9.45. The van der Waals surface area contributed by atoms with Gasteiger partial charge in [-0.2, -0.15) is 5.26 Å². The Kier molecular flexibility index (Phi) is 3.72. The van der Waals surface area contributed by atoms with E-state index in [2.05, 4.69) is 4.98 Å². The van der Waals surface area contributed by atoms with Crippen LogP contribution in [0.4, 0.5) is 5.69 Å². The van der Waals surface area contributed by atoms with Crippen LogP contribution in [0.25, 0.3) is 0 Å². The fourth-order valence-electron chi connectivity index (χ4n) is 1.72. The smallest absolute Gasteiger partial charge is 0.265 e. The minimum Gasteiger partial charge on any atom is -0.269 e. The monoisotopic (exact) mass is 287 g/mol. The minimum atomic E-state index is -3.67. The first-order valence-corrected chi connectivity index (χ1v) is 7.31. The molecule has 1 aromatic carbocycles. The Morgan fingerprint density at radius 2 is 2.00 bits per heavy atom. The Hall–Kier alpha value is -2.39. The molecule has 0 aliphatic rings. The molecule has 102 valence electrons. The van der Waals surface area contributed by atoms with Gasteiger partial charge in [0.25, 0.3) is 10.0 Å². The van der Waals surface area contributed by atoms with Gasteiger partial charge in [-0.05, 0) is 36.8 Å². The largest absolute Gasteiger partial charge is 0.269 e. The van der Waals surface area contributed by atoms with E-state index >= 15 is 0 Å². The van der Waals surface area contributed by atoms with Gasteiger partial charge in [0.05, 0.1) is 5.69 Å². The van der Waals surface area contributed by atoms with Crippen molar-refractivity contribution in [3.63, 3.8) is 0 Å². The van der Waals surface area contributed by atoms with Gasteiger partial charge >= 0.3 is 0 Å². The Bertz CT molecular complexity index is 762. The Morgan fingerprint density at radius 1 is 1.25 bits per heavy atom. The number of nitriles is 1. The zero-order valence-electron chi connectivity index (χ0n) is 11.1. The number of hydrogen-bond acceptors (Lipinski definition) is 4. The van der Waals surface area contributed by atoms with Crippen LogP contribution in [0.1, 0.15) is 11.3 Å². The molecule has 0 unspecified atom stereocenters. The molecule has 5 nitrogen and oxygen atoms in total. The van der Waals surface area contributed by atoms with Gasteiger partial charge in [0.1, 0.15) is 16.7 Å². The fourth-order valence-corrected chi connectivity index (χ4v) is 2.85. The summed E-state index contributed by atoms with van der Waals surface area (Å²) < 4.78 is 26.1. The molecule has 0 aliphatic carbocycles. The summed E-state index contributed by atoms with van der Waals surface area (Å²) in [4.78, 5) is 3.85. The highest BCUT2D eigenvalue weighted by atomic mass is 32.2. The molecule has 6 heteroatoms. The van der Waals surface area contributed by atoms with Crippen molar-refractivity contribution in [3.8, 4) is 6.07 Å². The average Bonchev–Trinajstić information content (AvgIpc) is 2.46. The van der Waals surface area contributed by atoms with E-state index in [4.69, 9.17) is 5.26 Å². The zero-order chi connectivity index (χ0) is 14.8. The highest BCUT2D eigenvalue weighted by Crippen LogP contribution is 2.22. The van der Waals surface area contributed by atoms with Gasteiger partial charge < -0.3 is 0 Å². The molecule has 0 spiro atoms. The van der Waals surface area contributed by atoms with E-state index in [1.165, 1.54) is 29.7 Å². The maximum absolute atomic E-state index is 12.4. The van der Waals surface area contributed by atoms with Crippen LogP contribution in [0.3, 0.4) is 0 Å². The van der Waals surface area contributed by atoms with Crippen LogP contribution in [0.15, 0.2) is 47.5 Å². The number of nitrogens with zero attached hydrogens (tertiary/aromatic N) is 3. The van der Waals surface area contributed by atoms with Gasteiger partial charge in [-0.25, -0.2) is 13.4 Å². The highest BCUT2D eigenvalue weighted by Gasteiger charge is 2.21. The molecule has 0 aliphatic heterocycles. The van der Waals surface area contributed by atoms with Crippen LogP contribution in [0.5, 0.6) is 0 Å². The number of pyridine rings is 1. The van der Waals surface area contributed by atoms with E-state index in [1.54, 1.807) is 18.2 Å². The average molecular weight is 287 g/mol. The van der Waals surface area contributed by atoms with Crippen molar-refractivity contribution < 1.29 is 8.42 Å². The second-order valence-electron chi connectivity index (χ2n) is 4.30. The molecule has 1 heterocycles. The number of hydrogen-bond donors (Lipinski definition) is 0. The van der Waals surface area contributed by atoms with E-state index in [9.17, 15) is 8.42 Å². The molecule has 20 heavy (non-hydrogen) atoms. The molecular formula is C14H13N3O2S. The fraction of sp³-hybridized carbons (Fsp3) is 0.143. The molecule has 1 aromatic heterocycles. The van der Waals surface area contributed by atoms with Crippen LogP contribution >= 0.6 is 0 Å². The lowest BCUT2D eigenvalue weighted by atomic mass is 10.2. The molecule has 2 rings (SSSR count). The van der Waals surface area contributed by atoms with E-state index in [-0.39, 0.29) is 10.6 Å². The van der Waals surface area contributed by atoms with Crippen LogP contribution in [0, 0.1) is 18.3 Å². The van der Waals surface area contributed by atoms with Crippen molar-refractivity contribution in [1.82, 2.24) is 4.98 Å². The summed E-state index contributed by atoms with van der Waals surface area (Å²) in [7, 11) is -2.18. The van der Waals surface area contributed by atoms with Crippen molar-refractivity contribution in [2.24, 2.45) is 0 Å². The first-order valence-electron chi connectivity index (χ1n) is 5.87. The molecule has 0 N–H and O–H groups in total. The van der Waals surface area contributed by atoms with Crippen molar-refractivity contribution in [2.75, 3.05) is 11.4 Å². The number of rotatable bonds is 3. The summed E-state index contributed by atoms with van der Waals surface area (Å²) in [5.41, 5.74) is 1.74. The predicted molar refractivity (Wildman–Crippen MR) is 75.7 cm³/mol. The molecule has 0 atom stereocenters. The topological polar surface area (TPSA) is 74.1 Å². The lowest BCUT2D eigenvalue weighted by Crippen LogP contribution is -2.26. The lowest BCUT2D eigenvalue weighted by molar-refractivity contribution is 0.594. The molecule has 0 bridgehead atoms. The standard InChI is InChI=1S/C14H13N3O2S/c1-11-4-3-5-13(8-11)17(2)20(18,19)14-7-6-12(9-15)16-10-14/h3-8,10H,1-2H3. The third-order valence-corrected chi connectivity index (χ3v) is 4.64. The van der Waals surface area contributed by atoms with Crippen LogP contribution in [-0.4, -0.2) is 20.4 Å². The van der Waals surface area contributed by atoms with Crippen molar-refractivity contribution >= 4 is 15.7 Å². The van der Waals surface area contributed by atoms with Crippen molar-refractivity contribution in [1.29, 1.82) is 5.26 Å². The van der Waals surface area contributed by atoms with Gasteiger partial charge in [-0.15, -0.1) is 0 Å². The quantitative estimate of drug-likeness (QED) is 0.866. The number of aryl methyl sites for hydroxylation is 1. The molecule has 0 radical (unpaired) electrons. The highest BCUT2D eigenvalue weighted by molar-refractivity contribution is 7.92. The number of anilines is 1. The lowest BCUT2D eigenvalue weighted by Gasteiger charge is -2.19. The van der Waals surface area contributed by atoms with Gasteiger partial charge in [-0.3, -0.25) is 4.31 Å². The second-order valence-corrected chi connectivity index (χ2v) is 6.27. The van der Waals surface area contributed by atoms with E-state index in [1.807, 2.05) is 19.1 Å². The maximum Gasteiger partial charge on any atom is 0.265 e. The minimum absolute atomic E-state index is 0.0560. The Balaban J connectivity index is 2.41. The third kappa shape index (κ3) is 2.63. The molecule has 0 amide bonds. The third-order valence-electron chi connectivity index (χ3n) is 2.87. The molecule has 2 aromatic rings. The van der Waals surface area contributed by atoms with Gasteiger partial charge in [-0.1, -0.05) is 12.1 Å². The predicted octanol–water partition coefficient (Wildman–Crippen LogP) is 2.09. The Morgan fingerprint density at radius 3 is 2.55 bits per heavy atom. The summed E-state index contributed by atoms with van der Waals surface area (Å²) in [5.74, 6) is 0. The maximum atomic E-state index is 12.4. The molecular weight excluding hydrogens is 274 g/mol. The molecule has 0 fully saturated rings. The van der Waals surface area contributed by atoms with Gasteiger partial charge in [0.2, 0.25) is 0 Å². The summed E-state index contributed by atoms with van der Waals surface area (Å²) >= 11 is 0. The number of benzene rings is 1. The van der Waals surface area contributed by atoms with E-state index in [0.29, 0.717) is 5.69 Å². The number of sulfonamides is 1. The normalized spacial score (nSPS) is 10.8. The summed E-state index contributed by atoms with van der Waals surface area (Å²) in [5, 5.41) is 8.68. The summed E-state index contributed by atoms with van der Waals surface area (Å²) in [6.07, 6.45) is 1.19. The van der Waals surface area contributed by atoms with E-state index < -0.39 is 10.0 Å². The zero-order valence-corrected chi connectivity index (χ0v) is 11.9. The molecule has 0 saturated heterocycles.